The van der Waals surface area contributed by atoms with Gasteiger partial charge >= 0.3 is 18.2 Å². The molecule has 17 nitrogen and oxygen atoms in total. The number of pyridine rings is 1. The van der Waals surface area contributed by atoms with Gasteiger partial charge in [0.2, 0.25) is 11.8 Å². The van der Waals surface area contributed by atoms with Crippen molar-refractivity contribution in [3.8, 4) is 22.5 Å². The molecule has 4 atom stereocenters. The third-order valence-electron chi connectivity index (χ3n) is 16.3. The summed E-state index contributed by atoms with van der Waals surface area (Å²) in [5, 5.41) is 7.25. The molecule has 0 radical (unpaired) electrons. The molecular formula is C57H75F3N10O7S. The van der Waals surface area contributed by atoms with Crippen molar-refractivity contribution in [2.24, 2.45) is 16.7 Å². The van der Waals surface area contributed by atoms with E-state index < -0.39 is 60.1 Å². The molecule has 0 unspecified atom stereocenters. The number of piperidine rings is 2. The number of halogens is 3. The fourth-order valence-electron chi connectivity index (χ4n) is 12.1. The summed E-state index contributed by atoms with van der Waals surface area (Å²) in [6.07, 6.45) is 6.20. The third-order valence-corrected chi connectivity index (χ3v) is 17.2. The van der Waals surface area contributed by atoms with E-state index in [0.29, 0.717) is 88.7 Å². The van der Waals surface area contributed by atoms with Crippen LogP contribution in [0.15, 0.2) is 54.1 Å². The average molecular weight is 1100 g/mol. The molecule has 5 aliphatic rings. The Labute approximate surface area is 458 Å². The summed E-state index contributed by atoms with van der Waals surface area (Å²) < 4.78 is 57.2. The van der Waals surface area contributed by atoms with Crippen molar-refractivity contribution in [1.82, 2.24) is 49.9 Å². The number of amides is 5. The molecule has 6 bridgehead atoms. The number of likely N-dealkylation sites (tertiary alicyclic amines) is 3. The lowest BCUT2D eigenvalue weighted by atomic mass is 9.72. The Kier molecular flexibility index (Phi) is 17.1. The van der Waals surface area contributed by atoms with Crippen molar-refractivity contribution in [1.29, 1.82) is 0 Å². The standard InChI is InChI=1S/C57H75F3N10O7S/c1-36(2)49(65(6)54(75)67-26-19-56(20-27-67)32-68(33-56)47(71)16-13-24-66-22-9-8-10-23-66)51(72)63-43-29-46-62-44(31-78-46)38-17-18-45-40(28-38)41(30-55(4,5)35-77-53(74)42-15-12-25-70(64-42)52(43)73)50(69(45)34-57(58,59)60)39-14-11-21-61-48(39)37(3)76-7/h11,13-14,16-18,21,28,31,36-37,42-43,49,64H,8-10,12,15,19-20,22-27,29-30,32-35H2,1-7H3,(H,63,72)/b16-13+/t37-,42-,43-,49-/m0/s1. The molecule has 1 aromatic carbocycles. The molecule has 3 aromatic heterocycles. The fourth-order valence-corrected chi connectivity index (χ4v) is 12.9. The van der Waals surface area contributed by atoms with Gasteiger partial charge < -0.3 is 34.1 Å². The minimum absolute atomic E-state index is 0.0207. The van der Waals surface area contributed by atoms with Crippen LogP contribution in [0.5, 0.6) is 0 Å². The highest BCUT2D eigenvalue weighted by molar-refractivity contribution is 7.10. The maximum atomic E-state index is 14.8. The highest BCUT2D eigenvalue weighted by Gasteiger charge is 2.48. The Bertz CT molecular complexity index is 2880. The van der Waals surface area contributed by atoms with E-state index in [2.05, 4.69) is 20.6 Å². The van der Waals surface area contributed by atoms with E-state index in [1.54, 1.807) is 55.4 Å². The molecule has 9 rings (SSSR count). The van der Waals surface area contributed by atoms with Gasteiger partial charge in [0.15, 0.2) is 0 Å². The Morgan fingerprint density at radius 1 is 1.01 bits per heavy atom. The third kappa shape index (κ3) is 12.6. The highest BCUT2D eigenvalue weighted by Crippen LogP contribution is 2.44. The average Bonchev–Trinajstić information content (AvgIpc) is 3.99. The van der Waals surface area contributed by atoms with Crippen LogP contribution in [0.25, 0.3) is 33.4 Å². The molecule has 0 aliphatic carbocycles. The van der Waals surface area contributed by atoms with Crippen molar-refractivity contribution in [2.75, 3.05) is 73.1 Å². The topological polar surface area (TPSA) is 175 Å². The van der Waals surface area contributed by atoms with E-state index in [1.165, 1.54) is 52.2 Å². The zero-order valence-electron chi connectivity index (χ0n) is 46.0. The number of ether oxygens (including phenoxy) is 2. The number of urea groups is 1. The van der Waals surface area contributed by atoms with E-state index in [-0.39, 0.29) is 49.3 Å². The molecule has 5 amide bonds. The Balaban J connectivity index is 0.968. The second-order valence-corrected chi connectivity index (χ2v) is 24.2. The minimum atomic E-state index is -4.60. The van der Waals surface area contributed by atoms with Gasteiger partial charge in [-0.15, -0.1) is 11.3 Å². The molecule has 2 N–H and O–H groups in total. The number of hydrogen-bond donors (Lipinski definition) is 2. The number of nitrogens with zero attached hydrogens (tertiary/aromatic N) is 8. The summed E-state index contributed by atoms with van der Waals surface area (Å²) in [7, 11) is 3.13. The number of carbonyl (C=O) groups is 5. The largest absolute Gasteiger partial charge is 0.464 e. The number of fused-ring (bicyclic) bond motifs is 6. The molecule has 422 valence electrons. The quantitative estimate of drug-likeness (QED) is 0.111. The maximum absolute atomic E-state index is 14.8. The number of aromatic nitrogens is 3. The Morgan fingerprint density at radius 2 is 1.76 bits per heavy atom. The summed E-state index contributed by atoms with van der Waals surface area (Å²) in [6.45, 7) is 13.3. The monoisotopic (exact) mass is 1100 g/mol. The summed E-state index contributed by atoms with van der Waals surface area (Å²) in [4.78, 5) is 87.8. The van der Waals surface area contributed by atoms with Crippen LogP contribution in [-0.4, -0.2) is 166 Å². The number of likely N-dealkylation sites (N-methyl/N-ethyl adjacent to an activating group) is 1. The maximum Gasteiger partial charge on any atom is 0.406 e. The molecule has 5 aliphatic heterocycles. The smallest absolute Gasteiger partial charge is 0.406 e. The number of esters is 1. The van der Waals surface area contributed by atoms with Gasteiger partial charge in [-0.2, -0.15) is 13.2 Å². The summed E-state index contributed by atoms with van der Waals surface area (Å²) in [6, 6.07) is 5.32. The second kappa shape index (κ2) is 23.4. The number of nitrogens with one attached hydrogen (secondary N) is 2. The Hall–Kier alpha value is -5.90. The van der Waals surface area contributed by atoms with Crippen molar-refractivity contribution in [3.63, 3.8) is 0 Å². The molecule has 78 heavy (non-hydrogen) atoms. The molecule has 0 saturated carbocycles. The predicted octanol–water partition coefficient (Wildman–Crippen LogP) is 7.79. The summed E-state index contributed by atoms with van der Waals surface area (Å²) >= 11 is 1.28. The van der Waals surface area contributed by atoms with Gasteiger partial charge in [-0.3, -0.25) is 34.1 Å². The van der Waals surface area contributed by atoms with E-state index in [4.69, 9.17) is 14.5 Å². The molecule has 21 heteroatoms. The minimum Gasteiger partial charge on any atom is -0.464 e. The lowest BCUT2D eigenvalue weighted by molar-refractivity contribution is -0.155. The number of rotatable bonds is 11. The van der Waals surface area contributed by atoms with Crippen LogP contribution in [0.2, 0.25) is 0 Å². The SMILES string of the molecule is CO[C@@H](C)c1ncccc1-c1c2c3cc(ccc3n1CC(F)(F)F)-c1csc(n1)C[C@H](NC(=O)[C@H](C(C)C)N(C)C(=O)N1CCC3(CC1)CN(C(=O)/C=C/CN1CCCCC1)C3)C(=O)N1CCC[C@H](N1)C(=O)OCC(C)(C)C2. The number of benzene rings is 1. The van der Waals surface area contributed by atoms with Gasteiger partial charge in [0, 0.05) is 110 Å². The summed E-state index contributed by atoms with van der Waals surface area (Å²) in [5.41, 5.74) is 5.61. The second-order valence-electron chi connectivity index (χ2n) is 23.3. The van der Waals surface area contributed by atoms with Gasteiger partial charge in [-0.05, 0) is 101 Å². The lowest BCUT2D eigenvalue weighted by Gasteiger charge is -2.54. The molecular weight excluding hydrogens is 1030 g/mol. The first-order valence-corrected chi connectivity index (χ1v) is 28.4. The number of thiazole rings is 1. The van der Waals surface area contributed by atoms with Crippen LogP contribution in [0.1, 0.15) is 102 Å². The lowest BCUT2D eigenvalue weighted by Crippen LogP contribution is -2.64. The number of hydrogen-bond acceptors (Lipinski definition) is 12. The van der Waals surface area contributed by atoms with Crippen LogP contribution in [-0.2, 0) is 48.0 Å². The fraction of sp³-hybridized carbons (Fsp3) is 0.596. The van der Waals surface area contributed by atoms with Gasteiger partial charge in [0.25, 0.3) is 5.91 Å². The zero-order chi connectivity index (χ0) is 55.7. The first kappa shape index (κ1) is 56.8. The first-order chi connectivity index (χ1) is 37.1. The normalized spacial score (nSPS) is 22.1. The van der Waals surface area contributed by atoms with Crippen LogP contribution in [0.3, 0.4) is 0 Å². The first-order valence-electron chi connectivity index (χ1n) is 27.5. The van der Waals surface area contributed by atoms with Crippen molar-refractivity contribution < 1.29 is 46.6 Å². The van der Waals surface area contributed by atoms with Crippen molar-refractivity contribution >= 4 is 52.0 Å². The number of methoxy groups -OCH3 is 1. The van der Waals surface area contributed by atoms with Crippen LogP contribution >= 0.6 is 11.3 Å². The molecule has 4 fully saturated rings. The van der Waals surface area contributed by atoms with E-state index in [0.717, 1.165) is 32.5 Å². The van der Waals surface area contributed by atoms with E-state index in [1.807, 2.05) is 50.1 Å². The Morgan fingerprint density at radius 3 is 2.46 bits per heavy atom. The van der Waals surface area contributed by atoms with E-state index >= 15 is 0 Å². The molecule has 8 heterocycles. The highest BCUT2D eigenvalue weighted by atomic mass is 32.1. The number of cyclic esters (lactones) is 1. The number of carbonyl (C=O) groups excluding carboxylic acids is 5. The van der Waals surface area contributed by atoms with Gasteiger partial charge in [-0.1, -0.05) is 46.3 Å². The van der Waals surface area contributed by atoms with Crippen LogP contribution < -0.4 is 10.7 Å². The number of hydrazine groups is 1. The van der Waals surface area contributed by atoms with E-state index in [9.17, 15) is 37.1 Å². The van der Waals surface area contributed by atoms with Crippen molar-refractivity contribution in [2.45, 2.75) is 129 Å². The van der Waals surface area contributed by atoms with Gasteiger partial charge in [-0.25, -0.2) is 15.2 Å². The van der Waals surface area contributed by atoms with Gasteiger partial charge in [0.05, 0.1) is 34.8 Å². The van der Waals surface area contributed by atoms with Crippen molar-refractivity contribution in [3.05, 3.63) is 70.3 Å². The predicted molar refractivity (Wildman–Crippen MR) is 291 cm³/mol. The van der Waals surface area contributed by atoms with Crippen LogP contribution in [0.4, 0.5) is 18.0 Å². The molecule has 4 aromatic rings. The zero-order valence-corrected chi connectivity index (χ0v) is 46.8. The van der Waals surface area contributed by atoms with Gasteiger partial charge in [0.1, 0.15) is 24.7 Å². The molecule has 4 saturated heterocycles. The molecule has 1 spiro atoms. The number of alkyl halides is 3. The summed E-state index contributed by atoms with van der Waals surface area (Å²) in [5.74, 6) is -1.96. The van der Waals surface area contributed by atoms with Crippen LogP contribution in [0, 0.1) is 16.7 Å².